The van der Waals surface area contributed by atoms with E-state index in [1.165, 1.54) is 0 Å². The zero-order valence-electron chi connectivity index (χ0n) is 12.0. The van der Waals surface area contributed by atoms with E-state index in [2.05, 4.69) is 11.8 Å². The van der Waals surface area contributed by atoms with Crippen molar-refractivity contribution in [2.45, 2.75) is 19.8 Å². The molecule has 0 spiro atoms. The predicted octanol–water partition coefficient (Wildman–Crippen LogP) is 0.152. The quantitative estimate of drug-likeness (QED) is 0.789. The molecule has 2 aliphatic rings. The van der Waals surface area contributed by atoms with Crippen molar-refractivity contribution in [1.82, 2.24) is 9.80 Å². The molecular weight excluding hydrogens is 242 g/mol. The predicted molar refractivity (Wildman–Crippen MR) is 74.8 cm³/mol. The van der Waals surface area contributed by atoms with Crippen LogP contribution in [0.3, 0.4) is 0 Å². The number of hydrogen-bond donors (Lipinski definition) is 1. The Morgan fingerprint density at radius 1 is 1.26 bits per heavy atom. The third-order valence-corrected chi connectivity index (χ3v) is 4.23. The van der Waals surface area contributed by atoms with E-state index >= 15 is 0 Å². The first-order valence-corrected chi connectivity index (χ1v) is 7.49. The van der Waals surface area contributed by atoms with Gasteiger partial charge in [0.1, 0.15) is 0 Å². The maximum absolute atomic E-state index is 12.4. The molecular formula is C14H27N3O2. The Kier molecular flexibility index (Phi) is 5.60. The summed E-state index contributed by atoms with van der Waals surface area (Å²) in [5.74, 6) is 1.08. The first kappa shape index (κ1) is 14.8. The molecule has 2 N–H and O–H groups in total. The largest absolute Gasteiger partial charge is 0.381 e. The summed E-state index contributed by atoms with van der Waals surface area (Å²) in [6.07, 6.45) is 1.78. The number of rotatable bonds is 4. The highest BCUT2D eigenvalue weighted by Gasteiger charge is 2.28. The second-order valence-corrected chi connectivity index (χ2v) is 5.85. The van der Waals surface area contributed by atoms with Crippen molar-refractivity contribution in [2.24, 2.45) is 17.6 Å². The number of ether oxygens (including phenoxy) is 1. The zero-order valence-corrected chi connectivity index (χ0v) is 12.0. The first-order chi connectivity index (χ1) is 9.20. The number of piperazine rings is 1. The maximum atomic E-state index is 12.4. The van der Waals surface area contributed by atoms with Gasteiger partial charge in [0.25, 0.3) is 0 Å². The number of amides is 1. The fourth-order valence-corrected chi connectivity index (χ4v) is 2.87. The Hall–Kier alpha value is -0.650. The van der Waals surface area contributed by atoms with Gasteiger partial charge in [-0.3, -0.25) is 9.69 Å². The molecule has 5 heteroatoms. The van der Waals surface area contributed by atoms with E-state index in [1.807, 2.05) is 4.90 Å². The van der Waals surface area contributed by atoms with Crippen molar-refractivity contribution in [2.75, 3.05) is 52.5 Å². The van der Waals surface area contributed by atoms with Crippen LogP contribution in [0.25, 0.3) is 0 Å². The van der Waals surface area contributed by atoms with E-state index in [-0.39, 0.29) is 5.92 Å². The molecule has 110 valence electrons. The van der Waals surface area contributed by atoms with Gasteiger partial charge in [0.05, 0.1) is 0 Å². The van der Waals surface area contributed by atoms with Gasteiger partial charge >= 0.3 is 0 Å². The van der Waals surface area contributed by atoms with Crippen molar-refractivity contribution in [3.63, 3.8) is 0 Å². The smallest absolute Gasteiger partial charge is 0.225 e. The SMILES string of the molecule is CC(CN)CN1CCN(C(=O)C2CCOCC2)CC1. The van der Waals surface area contributed by atoms with Crippen LogP contribution in [0.5, 0.6) is 0 Å². The lowest BCUT2D eigenvalue weighted by atomic mass is 9.98. The minimum Gasteiger partial charge on any atom is -0.381 e. The molecule has 0 aromatic rings. The second kappa shape index (κ2) is 7.22. The van der Waals surface area contributed by atoms with Crippen molar-refractivity contribution < 1.29 is 9.53 Å². The van der Waals surface area contributed by atoms with Gasteiger partial charge in [-0.05, 0) is 25.3 Å². The van der Waals surface area contributed by atoms with Gasteiger partial charge in [-0.1, -0.05) is 6.92 Å². The van der Waals surface area contributed by atoms with Crippen LogP contribution in [-0.2, 0) is 9.53 Å². The number of hydrogen-bond acceptors (Lipinski definition) is 4. The van der Waals surface area contributed by atoms with Gasteiger partial charge in [0, 0.05) is 51.9 Å². The van der Waals surface area contributed by atoms with Gasteiger partial charge in [0.2, 0.25) is 5.91 Å². The molecule has 1 amide bonds. The fraction of sp³-hybridized carbons (Fsp3) is 0.929. The lowest BCUT2D eigenvalue weighted by Crippen LogP contribution is -2.51. The molecule has 2 heterocycles. The van der Waals surface area contributed by atoms with Crippen LogP contribution in [0, 0.1) is 11.8 Å². The van der Waals surface area contributed by atoms with Crippen molar-refractivity contribution in [3.05, 3.63) is 0 Å². The summed E-state index contributed by atoms with van der Waals surface area (Å²) < 4.78 is 5.32. The minimum absolute atomic E-state index is 0.197. The molecule has 2 rings (SSSR count). The van der Waals surface area contributed by atoms with Crippen molar-refractivity contribution >= 4 is 5.91 Å². The Balaban J connectivity index is 1.74. The Morgan fingerprint density at radius 3 is 2.47 bits per heavy atom. The van der Waals surface area contributed by atoms with E-state index in [1.54, 1.807) is 0 Å². The van der Waals surface area contributed by atoms with Crippen LogP contribution >= 0.6 is 0 Å². The van der Waals surface area contributed by atoms with E-state index in [0.29, 0.717) is 11.8 Å². The van der Waals surface area contributed by atoms with Crippen LogP contribution < -0.4 is 5.73 Å². The number of nitrogens with zero attached hydrogens (tertiary/aromatic N) is 2. The maximum Gasteiger partial charge on any atom is 0.225 e. The van der Waals surface area contributed by atoms with E-state index in [4.69, 9.17) is 10.5 Å². The molecule has 0 bridgehead atoms. The van der Waals surface area contributed by atoms with Gasteiger partial charge in [0.15, 0.2) is 0 Å². The highest BCUT2D eigenvalue weighted by molar-refractivity contribution is 5.79. The van der Waals surface area contributed by atoms with Gasteiger partial charge in [-0.2, -0.15) is 0 Å². The fourth-order valence-electron chi connectivity index (χ4n) is 2.87. The molecule has 1 atom stereocenters. The van der Waals surface area contributed by atoms with Crippen molar-refractivity contribution in [1.29, 1.82) is 0 Å². The molecule has 2 fully saturated rings. The molecule has 0 aromatic heterocycles. The summed E-state index contributed by atoms with van der Waals surface area (Å²) in [7, 11) is 0. The summed E-state index contributed by atoms with van der Waals surface area (Å²) in [6, 6.07) is 0. The molecule has 0 radical (unpaired) electrons. The molecule has 5 nitrogen and oxygen atoms in total. The normalized spacial score (nSPS) is 24.4. The monoisotopic (exact) mass is 269 g/mol. The lowest BCUT2D eigenvalue weighted by molar-refractivity contribution is -0.140. The third kappa shape index (κ3) is 4.16. The summed E-state index contributed by atoms with van der Waals surface area (Å²) in [5.41, 5.74) is 5.66. The average Bonchev–Trinajstić information content (AvgIpc) is 2.48. The molecule has 2 aliphatic heterocycles. The Labute approximate surface area is 116 Å². The Morgan fingerprint density at radius 2 is 1.89 bits per heavy atom. The number of nitrogens with two attached hydrogens (primary N) is 1. The molecule has 0 aliphatic carbocycles. The summed E-state index contributed by atoms with van der Waals surface area (Å²) in [5, 5.41) is 0. The first-order valence-electron chi connectivity index (χ1n) is 7.49. The standard InChI is InChI=1S/C14H27N3O2/c1-12(10-15)11-16-4-6-17(7-5-16)14(18)13-2-8-19-9-3-13/h12-13H,2-11,15H2,1H3. The zero-order chi connectivity index (χ0) is 13.7. The van der Waals surface area contributed by atoms with E-state index in [0.717, 1.165) is 65.3 Å². The molecule has 0 saturated carbocycles. The Bertz CT molecular complexity index is 284. The highest BCUT2D eigenvalue weighted by Crippen LogP contribution is 2.18. The second-order valence-electron chi connectivity index (χ2n) is 5.85. The molecule has 1 unspecified atom stereocenters. The minimum atomic E-state index is 0.197. The number of carbonyl (C=O) groups excluding carboxylic acids is 1. The number of carbonyl (C=O) groups is 1. The van der Waals surface area contributed by atoms with Crippen LogP contribution in [0.2, 0.25) is 0 Å². The van der Waals surface area contributed by atoms with Crippen LogP contribution in [0.4, 0.5) is 0 Å². The van der Waals surface area contributed by atoms with Crippen LogP contribution in [0.1, 0.15) is 19.8 Å². The van der Waals surface area contributed by atoms with Crippen molar-refractivity contribution in [3.8, 4) is 0 Å². The average molecular weight is 269 g/mol. The van der Waals surface area contributed by atoms with E-state index in [9.17, 15) is 4.79 Å². The van der Waals surface area contributed by atoms with Gasteiger partial charge in [-0.25, -0.2) is 0 Å². The van der Waals surface area contributed by atoms with Gasteiger partial charge < -0.3 is 15.4 Å². The summed E-state index contributed by atoms with van der Waals surface area (Å²) in [6.45, 7) is 9.16. The summed E-state index contributed by atoms with van der Waals surface area (Å²) >= 11 is 0. The molecule has 2 saturated heterocycles. The third-order valence-electron chi connectivity index (χ3n) is 4.23. The topological polar surface area (TPSA) is 58.8 Å². The van der Waals surface area contributed by atoms with Gasteiger partial charge in [-0.15, -0.1) is 0 Å². The lowest BCUT2D eigenvalue weighted by Gasteiger charge is -2.37. The summed E-state index contributed by atoms with van der Waals surface area (Å²) in [4.78, 5) is 16.8. The van der Waals surface area contributed by atoms with Crippen LogP contribution in [-0.4, -0.2) is 68.2 Å². The van der Waals surface area contributed by atoms with E-state index < -0.39 is 0 Å². The van der Waals surface area contributed by atoms with Crippen LogP contribution in [0.15, 0.2) is 0 Å². The molecule has 0 aromatic carbocycles. The molecule has 19 heavy (non-hydrogen) atoms. The highest BCUT2D eigenvalue weighted by atomic mass is 16.5.